The van der Waals surface area contributed by atoms with Gasteiger partial charge in [-0.3, -0.25) is 4.52 Å². The van der Waals surface area contributed by atoms with Crippen molar-refractivity contribution in [3.8, 4) is 0 Å². The molecule has 1 unspecified atom stereocenters. The molecule has 1 atom stereocenters. The molecule has 0 aromatic heterocycles. The van der Waals surface area contributed by atoms with Crippen LogP contribution in [0.25, 0.3) is 0 Å². The van der Waals surface area contributed by atoms with Crippen molar-refractivity contribution in [2.75, 3.05) is 6.61 Å². The van der Waals surface area contributed by atoms with Gasteiger partial charge in [0.25, 0.3) is 0 Å². The van der Waals surface area contributed by atoms with Gasteiger partial charge >= 0.3 is 13.8 Å². The monoisotopic (exact) mass is 390 g/mol. The Hall–Kier alpha value is -1.24. The van der Waals surface area contributed by atoms with Crippen molar-refractivity contribution in [2.45, 2.75) is 65.4 Å². The molecule has 0 saturated heterocycles. The molecule has 0 aromatic carbocycles. The Labute approximate surface area is 155 Å². The molecule has 26 heavy (non-hydrogen) atoms. The van der Waals surface area contributed by atoms with Crippen LogP contribution in [-0.2, 0) is 13.9 Å². The van der Waals surface area contributed by atoms with E-state index in [1.54, 1.807) is 6.92 Å². The van der Waals surface area contributed by atoms with Crippen molar-refractivity contribution in [3.63, 3.8) is 0 Å². The van der Waals surface area contributed by atoms with Gasteiger partial charge in [0.15, 0.2) is 0 Å². The number of phosphoric ester groups is 1. The summed E-state index contributed by atoms with van der Waals surface area (Å²) in [5.74, 6) is -1.62. The average Bonchev–Trinajstić information content (AvgIpc) is 2.49. The molecular formula is C18H31O7P. The summed E-state index contributed by atoms with van der Waals surface area (Å²) in [4.78, 5) is 29.1. The molecule has 0 heterocycles. The maximum atomic E-state index is 11.3. The number of aliphatic hydroxyl groups excluding tert-OH is 1. The number of hydrogen-bond acceptors (Lipinski definition) is 4. The van der Waals surface area contributed by atoms with E-state index in [4.69, 9.17) is 9.79 Å². The summed E-state index contributed by atoms with van der Waals surface area (Å²) in [6.07, 6.45) is 8.94. The predicted molar refractivity (Wildman–Crippen MR) is 101 cm³/mol. The lowest BCUT2D eigenvalue weighted by atomic mass is 9.98. The largest absolute Gasteiger partial charge is 0.479 e. The summed E-state index contributed by atoms with van der Waals surface area (Å²) in [5.41, 5.74) is 1.07. The Morgan fingerprint density at radius 3 is 1.92 bits per heavy atom. The fraction of sp³-hybridized carbons (Fsp3) is 0.611. The number of aliphatic carboxylic acids is 1. The van der Waals surface area contributed by atoms with Gasteiger partial charge in [-0.15, -0.1) is 0 Å². The van der Waals surface area contributed by atoms with E-state index in [1.807, 2.05) is 0 Å². The Kier molecular flexibility index (Phi) is 10.9. The van der Waals surface area contributed by atoms with Crippen molar-refractivity contribution in [1.29, 1.82) is 0 Å². The van der Waals surface area contributed by atoms with Gasteiger partial charge in [0, 0.05) is 6.42 Å². The highest BCUT2D eigenvalue weighted by Crippen LogP contribution is 2.43. The van der Waals surface area contributed by atoms with Gasteiger partial charge in [-0.05, 0) is 53.4 Å². The summed E-state index contributed by atoms with van der Waals surface area (Å²) in [7, 11) is -5.05. The van der Waals surface area contributed by atoms with Crippen LogP contribution in [0.4, 0.5) is 0 Å². The van der Waals surface area contributed by atoms with Crippen LogP contribution in [0.5, 0.6) is 0 Å². The normalized spacial score (nSPS) is 15.5. The molecule has 0 radical (unpaired) electrons. The molecule has 0 aliphatic rings. The highest BCUT2D eigenvalue weighted by Gasteiger charge is 2.44. The first kappa shape index (κ1) is 24.8. The van der Waals surface area contributed by atoms with Crippen molar-refractivity contribution < 1.29 is 33.9 Å². The molecule has 0 aliphatic heterocycles. The van der Waals surface area contributed by atoms with Crippen LogP contribution >= 0.6 is 7.82 Å². The number of phosphoric acid groups is 1. The zero-order valence-electron chi connectivity index (χ0n) is 15.9. The number of carboxylic acids is 1. The molecule has 4 N–H and O–H groups in total. The topological polar surface area (TPSA) is 124 Å². The molecular weight excluding hydrogens is 359 g/mol. The second-order valence-corrected chi connectivity index (χ2v) is 7.87. The molecule has 0 aliphatic carbocycles. The van der Waals surface area contributed by atoms with Gasteiger partial charge in [-0.1, -0.05) is 34.9 Å². The number of allylic oxidation sites excluding steroid dienone is 5. The highest BCUT2D eigenvalue weighted by atomic mass is 31.2. The molecule has 150 valence electrons. The quantitative estimate of drug-likeness (QED) is 0.296. The van der Waals surface area contributed by atoms with Crippen LogP contribution in [0, 0.1) is 0 Å². The Balaban J connectivity index is 4.75. The first-order chi connectivity index (χ1) is 11.9. The SMILES string of the molecule is CC(C)=CCCC(C)=CCCC(C)=CCC(CO)(OP(=O)(O)O)C(=O)O. The minimum absolute atomic E-state index is 0.334. The minimum atomic E-state index is -5.05. The van der Waals surface area contributed by atoms with E-state index in [1.165, 1.54) is 17.2 Å². The van der Waals surface area contributed by atoms with Crippen LogP contribution in [0.1, 0.15) is 59.8 Å². The first-order valence-electron chi connectivity index (χ1n) is 8.47. The maximum Gasteiger partial charge on any atom is 0.470 e. The second kappa shape index (κ2) is 11.5. The lowest BCUT2D eigenvalue weighted by Crippen LogP contribution is -2.44. The van der Waals surface area contributed by atoms with Crippen LogP contribution < -0.4 is 0 Å². The fourth-order valence-electron chi connectivity index (χ4n) is 2.23. The molecule has 0 saturated carbocycles. The van der Waals surface area contributed by atoms with E-state index < -0.39 is 26.0 Å². The molecule has 8 heteroatoms. The van der Waals surface area contributed by atoms with Gasteiger partial charge < -0.3 is 20.0 Å². The fourth-order valence-corrected chi connectivity index (χ4v) is 2.90. The zero-order valence-corrected chi connectivity index (χ0v) is 16.8. The maximum absolute atomic E-state index is 11.3. The Morgan fingerprint density at radius 1 is 1.00 bits per heavy atom. The number of rotatable bonds is 12. The standard InChI is InChI=1S/C18H31O7P/c1-14(2)7-5-8-15(3)9-6-10-16(4)11-12-18(13-19,17(20)21)25-26(22,23)24/h7,9,11,19H,5-6,8,10,12-13H2,1-4H3,(H,20,21)(H2,22,23,24). The van der Waals surface area contributed by atoms with E-state index >= 15 is 0 Å². The zero-order chi connectivity index (χ0) is 20.4. The minimum Gasteiger partial charge on any atom is -0.479 e. The van der Waals surface area contributed by atoms with Gasteiger partial charge in [-0.25, -0.2) is 9.36 Å². The van der Waals surface area contributed by atoms with Gasteiger partial charge in [0.2, 0.25) is 5.60 Å². The summed E-state index contributed by atoms with van der Waals surface area (Å²) >= 11 is 0. The molecule has 0 bridgehead atoms. The van der Waals surface area contributed by atoms with E-state index in [-0.39, 0.29) is 6.42 Å². The molecule has 0 fully saturated rings. The highest BCUT2D eigenvalue weighted by molar-refractivity contribution is 7.46. The molecule has 0 aromatic rings. The van der Waals surface area contributed by atoms with Crippen molar-refractivity contribution in [3.05, 3.63) is 34.9 Å². The lowest BCUT2D eigenvalue weighted by Gasteiger charge is -2.26. The average molecular weight is 390 g/mol. The lowest BCUT2D eigenvalue weighted by molar-refractivity contribution is -0.160. The van der Waals surface area contributed by atoms with Crippen LogP contribution in [0.2, 0.25) is 0 Å². The summed E-state index contributed by atoms with van der Waals surface area (Å²) in [5, 5.41) is 18.5. The van der Waals surface area contributed by atoms with Gasteiger partial charge in [0.1, 0.15) is 0 Å². The Bertz CT molecular complexity index is 597. The predicted octanol–water partition coefficient (Wildman–Crippen LogP) is 3.72. The summed E-state index contributed by atoms with van der Waals surface area (Å²) in [6, 6.07) is 0. The smallest absolute Gasteiger partial charge is 0.470 e. The summed E-state index contributed by atoms with van der Waals surface area (Å²) < 4.78 is 15.3. The van der Waals surface area contributed by atoms with E-state index in [0.29, 0.717) is 6.42 Å². The van der Waals surface area contributed by atoms with Crippen LogP contribution in [0.15, 0.2) is 34.9 Å². The van der Waals surface area contributed by atoms with Crippen LogP contribution in [0.3, 0.4) is 0 Å². The van der Waals surface area contributed by atoms with E-state index in [2.05, 4.69) is 37.4 Å². The molecule has 0 spiro atoms. The number of carbonyl (C=O) groups is 1. The third-order valence-corrected chi connectivity index (χ3v) is 4.43. The third-order valence-electron chi connectivity index (χ3n) is 3.84. The van der Waals surface area contributed by atoms with Crippen molar-refractivity contribution >= 4 is 13.8 Å². The molecule has 0 amide bonds. The van der Waals surface area contributed by atoms with Gasteiger partial charge in [-0.2, -0.15) is 0 Å². The van der Waals surface area contributed by atoms with Crippen LogP contribution in [-0.4, -0.2) is 38.2 Å². The number of carboxylic acid groups (broad SMARTS) is 1. The number of hydrogen-bond donors (Lipinski definition) is 4. The Morgan fingerprint density at radius 2 is 1.50 bits per heavy atom. The third kappa shape index (κ3) is 10.7. The first-order valence-corrected chi connectivity index (χ1v) is 10.00. The van der Waals surface area contributed by atoms with E-state index in [0.717, 1.165) is 24.8 Å². The van der Waals surface area contributed by atoms with E-state index in [9.17, 15) is 19.6 Å². The number of aliphatic hydroxyl groups is 1. The van der Waals surface area contributed by atoms with Gasteiger partial charge in [0.05, 0.1) is 6.61 Å². The molecule has 0 rings (SSSR count). The second-order valence-electron chi connectivity index (χ2n) is 6.70. The summed E-state index contributed by atoms with van der Waals surface area (Å²) in [6.45, 7) is 6.95. The van der Waals surface area contributed by atoms with Crippen molar-refractivity contribution in [2.24, 2.45) is 0 Å². The van der Waals surface area contributed by atoms with Crippen molar-refractivity contribution in [1.82, 2.24) is 0 Å². The molecule has 7 nitrogen and oxygen atoms in total.